The quantitative estimate of drug-likeness (QED) is 0.526. The first kappa shape index (κ1) is 27.4. The molecule has 1 aromatic heterocycles. The zero-order chi connectivity index (χ0) is 27.4. The van der Waals surface area contributed by atoms with Crippen molar-refractivity contribution >= 4 is 39.0 Å². The monoisotopic (exact) mass is 560 g/mol. The molecule has 0 saturated carbocycles. The Morgan fingerprint density at radius 1 is 1.14 bits per heavy atom. The molecule has 9 nitrogen and oxygen atoms in total. The van der Waals surface area contributed by atoms with E-state index in [0.29, 0.717) is 12.6 Å². The van der Waals surface area contributed by atoms with Gasteiger partial charge in [0, 0.05) is 31.9 Å². The topological polar surface area (TPSA) is 110 Å². The molecular weight excluding hydrogens is 533 g/mol. The fourth-order valence-corrected chi connectivity index (χ4v) is 7.05. The van der Waals surface area contributed by atoms with E-state index in [1.54, 1.807) is 30.2 Å². The molecule has 3 heterocycles. The molecule has 2 aliphatic heterocycles. The molecule has 14 heteroatoms. The number of alkyl halides is 3. The van der Waals surface area contributed by atoms with Crippen molar-refractivity contribution in [3.05, 3.63) is 47.3 Å². The number of halogens is 3. The molecule has 37 heavy (non-hydrogen) atoms. The molecule has 2 saturated heterocycles. The Morgan fingerprint density at radius 3 is 2.30 bits per heavy atom. The first-order chi connectivity index (χ1) is 17.1. The summed E-state index contributed by atoms with van der Waals surface area (Å²) in [6, 6.07) is 7.10. The molecule has 2 fully saturated rings. The Kier molecular flexibility index (Phi) is 6.84. The lowest BCUT2D eigenvalue weighted by Gasteiger charge is -2.44. The number of benzene rings is 1. The van der Waals surface area contributed by atoms with Gasteiger partial charge in [0.1, 0.15) is 9.75 Å². The molecule has 3 amide bonds. The van der Waals surface area contributed by atoms with Crippen LogP contribution in [0.3, 0.4) is 0 Å². The maximum atomic E-state index is 13.3. The van der Waals surface area contributed by atoms with Crippen LogP contribution >= 0.6 is 11.3 Å². The van der Waals surface area contributed by atoms with Crippen LogP contribution in [0.1, 0.15) is 26.3 Å². The third-order valence-electron chi connectivity index (χ3n) is 6.94. The first-order valence-electron chi connectivity index (χ1n) is 11.4. The van der Waals surface area contributed by atoms with E-state index in [9.17, 15) is 36.3 Å². The maximum Gasteiger partial charge on any atom is 0.421 e. The van der Waals surface area contributed by atoms with Gasteiger partial charge >= 0.3 is 12.2 Å². The fourth-order valence-electron chi connectivity index (χ4n) is 4.44. The highest BCUT2D eigenvalue weighted by atomic mass is 32.2. The highest BCUT2D eigenvalue weighted by Gasteiger charge is 2.51. The summed E-state index contributed by atoms with van der Waals surface area (Å²) in [6.07, 6.45) is -4.87. The highest BCUT2D eigenvalue weighted by molar-refractivity contribution is 7.91. The summed E-state index contributed by atoms with van der Waals surface area (Å²) in [7, 11) is -3.81. The lowest BCUT2D eigenvalue weighted by molar-refractivity contribution is -0.258. The summed E-state index contributed by atoms with van der Waals surface area (Å²) in [6.45, 7) is 4.09. The third-order valence-corrected chi connectivity index (χ3v) is 10.2. The van der Waals surface area contributed by atoms with Crippen molar-refractivity contribution in [2.75, 3.05) is 31.1 Å². The van der Waals surface area contributed by atoms with Crippen LogP contribution in [0.25, 0.3) is 0 Å². The SMILES string of the molecule is CC1(C)C(=O)NC(=O)N1C[C@H]1CN(S(=O)(=O)c2cccs2)CCN1c1ccc([C@@](C)(O)C(F)(F)F)cc1. The minimum absolute atomic E-state index is 0.0109. The van der Waals surface area contributed by atoms with Crippen molar-refractivity contribution in [1.82, 2.24) is 14.5 Å². The van der Waals surface area contributed by atoms with Gasteiger partial charge in [0.15, 0.2) is 5.60 Å². The summed E-state index contributed by atoms with van der Waals surface area (Å²) in [5, 5.41) is 13.9. The number of anilines is 1. The van der Waals surface area contributed by atoms with E-state index in [-0.39, 0.29) is 36.0 Å². The van der Waals surface area contributed by atoms with Crippen LogP contribution in [0, 0.1) is 0 Å². The largest absolute Gasteiger partial charge is 0.421 e. The molecular formula is C23H27F3N4O5S2. The van der Waals surface area contributed by atoms with Crippen molar-refractivity contribution < 1.29 is 36.3 Å². The number of rotatable bonds is 6. The van der Waals surface area contributed by atoms with Gasteiger partial charge in [0.2, 0.25) is 0 Å². The second-order valence-electron chi connectivity index (χ2n) is 9.69. The van der Waals surface area contributed by atoms with Gasteiger partial charge in [-0.3, -0.25) is 10.1 Å². The lowest BCUT2D eigenvalue weighted by Crippen LogP contribution is -2.60. The normalized spacial score (nSPS) is 22.7. The predicted octanol–water partition coefficient (Wildman–Crippen LogP) is 2.73. The Balaban J connectivity index is 1.66. The molecule has 2 aromatic rings. The number of hydrogen-bond acceptors (Lipinski definition) is 7. The minimum Gasteiger partial charge on any atom is -0.376 e. The number of thiophene rings is 1. The van der Waals surface area contributed by atoms with Gasteiger partial charge in [-0.15, -0.1) is 11.3 Å². The van der Waals surface area contributed by atoms with E-state index in [1.165, 1.54) is 39.5 Å². The Bertz CT molecular complexity index is 1280. The van der Waals surface area contributed by atoms with Gasteiger partial charge < -0.3 is 14.9 Å². The van der Waals surface area contributed by atoms with Gasteiger partial charge in [0.25, 0.3) is 15.9 Å². The average molecular weight is 561 g/mol. The number of nitrogens with zero attached hydrogens (tertiary/aromatic N) is 3. The molecule has 2 N–H and O–H groups in total. The minimum atomic E-state index is -4.87. The molecule has 0 unspecified atom stereocenters. The summed E-state index contributed by atoms with van der Waals surface area (Å²) >= 11 is 1.08. The van der Waals surface area contributed by atoms with E-state index in [2.05, 4.69) is 5.32 Å². The zero-order valence-electron chi connectivity index (χ0n) is 20.3. The average Bonchev–Trinajstić information content (AvgIpc) is 3.43. The number of sulfonamides is 1. The van der Waals surface area contributed by atoms with Gasteiger partial charge in [0.05, 0.1) is 6.04 Å². The summed E-state index contributed by atoms with van der Waals surface area (Å²) in [5.41, 5.74) is -4.07. The van der Waals surface area contributed by atoms with E-state index in [0.717, 1.165) is 11.3 Å². The van der Waals surface area contributed by atoms with Gasteiger partial charge in [-0.05, 0) is 49.9 Å². The van der Waals surface area contributed by atoms with Crippen molar-refractivity contribution in [1.29, 1.82) is 0 Å². The van der Waals surface area contributed by atoms with Crippen LogP contribution in [0.5, 0.6) is 0 Å². The number of nitrogens with one attached hydrogen (secondary N) is 1. The molecule has 0 spiro atoms. The van der Waals surface area contributed by atoms with Gasteiger partial charge in [-0.25, -0.2) is 13.2 Å². The molecule has 0 aliphatic carbocycles. The molecule has 0 bridgehead atoms. The highest BCUT2D eigenvalue weighted by Crippen LogP contribution is 2.39. The molecule has 1 aromatic carbocycles. The summed E-state index contributed by atoms with van der Waals surface area (Å²) < 4.78 is 67.7. The molecule has 2 atom stereocenters. The lowest BCUT2D eigenvalue weighted by atomic mass is 9.95. The number of hydrogen-bond donors (Lipinski definition) is 2. The smallest absolute Gasteiger partial charge is 0.376 e. The summed E-state index contributed by atoms with van der Waals surface area (Å²) in [5.74, 6) is -0.485. The second kappa shape index (κ2) is 9.26. The van der Waals surface area contributed by atoms with Gasteiger partial charge in [-0.2, -0.15) is 17.5 Å². The number of amides is 3. The zero-order valence-corrected chi connectivity index (χ0v) is 22.0. The van der Waals surface area contributed by atoms with Crippen molar-refractivity contribution in [3.8, 4) is 0 Å². The Hall–Kier alpha value is -2.68. The van der Waals surface area contributed by atoms with Crippen LogP contribution in [0.2, 0.25) is 0 Å². The summed E-state index contributed by atoms with van der Waals surface area (Å²) in [4.78, 5) is 28.0. The predicted molar refractivity (Wildman–Crippen MR) is 131 cm³/mol. The first-order valence-corrected chi connectivity index (χ1v) is 13.7. The Labute approximate surface area is 216 Å². The number of carbonyl (C=O) groups excluding carboxylic acids is 2. The second-order valence-corrected chi connectivity index (χ2v) is 12.8. The van der Waals surface area contributed by atoms with E-state index in [4.69, 9.17) is 0 Å². The maximum absolute atomic E-state index is 13.3. The number of urea groups is 1. The Morgan fingerprint density at radius 2 is 1.78 bits per heavy atom. The number of piperazine rings is 1. The van der Waals surface area contributed by atoms with Crippen LogP contribution in [0.4, 0.5) is 23.7 Å². The van der Waals surface area contributed by atoms with E-state index >= 15 is 0 Å². The fraction of sp³-hybridized carbons (Fsp3) is 0.478. The van der Waals surface area contributed by atoms with Crippen molar-refractivity contribution in [2.24, 2.45) is 0 Å². The standard InChI is InChI=1S/C23H27F3N4O5S2/c1-21(2)19(31)27-20(32)30(21)14-17-13-28(37(34,35)18-5-4-12-36-18)10-11-29(17)16-8-6-15(7-9-16)22(3,33)23(24,25)26/h4-9,12,17,33H,10-11,13-14H2,1-3H3,(H,27,31,32)/t17-,22-/m1/s1. The third kappa shape index (κ3) is 4.82. The molecule has 2 aliphatic rings. The van der Waals surface area contributed by atoms with Crippen molar-refractivity contribution in [3.63, 3.8) is 0 Å². The number of aliphatic hydroxyl groups is 1. The number of imide groups is 1. The van der Waals surface area contributed by atoms with Gasteiger partial charge in [-0.1, -0.05) is 18.2 Å². The molecule has 4 rings (SSSR count). The molecule has 202 valence electrons. The number of carbonyl (C=O) groups is 2. The van der Waals surface area contributed by atoms with Crippen LogP contribution in [-0.2, 0) is 20.4 Å². The van der Waals surface area contributed by atoms with E-state index in [1.807, 2.05) is 0 Å². The van der Waals surface area contributed by atoms with Crippen LogP contribution < -0.4 is 10.2 Å². The van der Waals surface area contributed by atoms with Crippen LogP contribution in [-0.4, -0.2) is 78.6 Å². The molecule has 0 radical (unpaired) electrons. The van der Waals surface area contributed by atoms with E-state index < -0.39 is 45.3 Å². The van der Waals surface area contributed by atoms with Crippen LogP contribution in [0.15, 0.2) is 46.0 Å². The van der Waals surface area contributed by atoms with Crippen molar-refractivity contribution in [2.45, 2.75) is 48.3 Å².